The molecule has 34 heavy (non-hydrogen) atoms. The van der Waals surface area contributed by atoms with Gasteiger partial charge in [0, 0.05) is 28.0 Å². The zero-order chi connectivity index (χ0) is 23.1. The van der Waals surface area contributed by atoms with Gasteiger partial charge in [0.05, 0.1) is 5.69 Å². The minimum absolute atomic E-state index is 0.667. The lowest BCUT2D eigenvalue weighted by Crippen LogP contribution is -2.09. The van der Waals surface area contributed by atoms with E-state index >= 15 is 0 Å². The van der Waals surface area contributed by atoms with E-state index in [1.165, 1.54) is 28.6 Å². The number of aryl methyl sites for hydroxylation is 1. The number of nitrogens with two attached hydrogens (primary N) is 2. The van der Waals surface area contributed by atoms with Crippen molar-refractivity contribution in [1.82, 2.24) is 4.57 Å². The Kier molecular flexibility index (Phi) is 4.84. The summed E-state index contributed by atoms with van der Waals surface area (Å²) in [6.07, 6.45) is 7.01. The summed E-state index contributed by atoms with van der Waals surface area (Å²) in [6.45, 7) is 0. The topological polar surface area (TPSA) is 70.1 Å². The van der Waals surface area contributed by atoms with Crippen molar-refractivity contribution < 1.29 is 4.42 Å². The predicted octanol–water partition coefficient (Wildman–Crippen LogP) is 6.43. The van der Waals surface area contributed by atoms with Gasteiger partial charge >= 0.3 is 0 Å². The minimum Gasteiger partial charge on any atom is -0.455 e. The molecule has 0 bridgehead atoms. The highest BCUT2D eigenvalue weighted by molar-refractivity contribution is 5.85. The van der Waals surface area contributed by atoms with Gasteiger partial charge in [0.25, 0.3) is 0 Å². The molecule has 0 spiro atoms. The normalized spacial score (nSPS) is 13.4. The zero-order valence-electron chi connectivity index (χ0n) is 18.7. The first kappa shape index (κ1) is 20.2. The SMILES string of the molecule is N/C=C/C=C(/N)c1cccc(-n2c(-c3cc4ccccc4o3)cc3c2CCc2ccccc2-3)c1. The second-order valence-corrected chi connectivity index (χ2v) is 8.59. The quantitative estimate of drug-likeness (QED) is 0.315. The number of benzene rings is 3. The summed E-state index contributed by atoms with van der Waals surface area (Å²) in [5.41, 5.74) is 21.7. The lowest BCUT2D eigenvalue weighted by molar-refractivity contribution is 0.626. The third-order valence-electron chi connectivity index (χ3n) is 6.54. The summed E-state index contributed by atoms with van der Waals surface area (Å²) in [7, 11) is 0. The van der Waals surface area contributed by atoms with Crippen LogP contribution in [0, 0.1) is 0 Å². The minimum atomic E-state index is 0.667. The first-order valence-corrected chi connectivity index (χ1v) is 11.5. The molecule has 5 aromatic rings. The maximum Gasteiger partial charge on any atom is 0.152 e. The van der Waals surface area contributed by atoms with E-state index in [9.17, 15) is 0 Å². The van der Waals surface area contributed by atoms with Gasteiger partial charge in [-0.15, -0.1) is 0 Å². The molecule has 2 aromatic heterocycles. The Morgan fingerprint density at radius 3 is 2.59 bits per heavy atom. The lowest BCUT2D eigenvalue weighted by Gasteiger charge is -2.20. The largest absolute Gasteiger partial charge is 0.455 e. The van der Waals surface area contributed by atoms with E-state index in [2.05, 4.69) is 59.2 Å². The van der Waals surface area contributed by atoms with Gasteiger partial charge < -0.3 is 20.5 Å². The number of fused-ring (bicyclic) bond motifs is 4. The third kappa shape index (κ3) is 3.32. The van der Waals surface area contributed by atoms with Gasteiger partial charge in [0.2, 0.25) is 0 Å². The van der Waals surface area contributed by atoms with E-state index < -0.39 is 0 Å². The number of rotatable bonds is 4. The number of para-hydroxylation sites is 1. The molecule has 166 valence electrons. The van der Waals surface area contributed by atoms with Crippen LogP contribution in [-0.4, -0.2) is 4.57 Å². The van der Waals surface area contributed by atoms with Gasteiger partial charge in [-0.2, -0.15) is 0 Å². The highest BCUT2D eigenvalue weighted by Crippen LogP contribution is 2.41. The Bertz CT molecular complexity index is 1550. The smallest absolute Gasteiger partial charge is 0.152 e. The van der Waals surface area contributed by atoms with Crippen LogP contribution >= 0.6 is 0 Å². The van der Waals surface area contributed by atoms with E-state index in [0.29, 0.717) is 5.70 Å². The maximum atomic E-state index is 6.33. The number of allylic oxidation sites excluding steroid dienone is 2. The molecule has 0 aliphatic heterocycles. The maximum absolute atomic E-state index is 6.33. The molecular weight excluding hydrogens is 418 g/mol. The van der Waals surface area contributed by atoms with E-state index in [0.717, 1.165) is 46.5 Å². The third-order valence-corrected chi connectivity index (χ3v) is 6.54. The van der Waals surface area contributed by atoms with Crippen molar-refractivity contribution in [3.8, 4) is 28.3 Å². The number of furan rings is 1. The monoisotopic (exact) mass is 443 g/mol. The van der Waals surface area contributed by atoms with Crippen LogP contribution in [0.3, 0.4) is 0 Å². The molecule has 6 rings (SSSR count). The fourth-order valence-electron chi connectivity index (χ4n) is 4.95. The van der Waals surface area contributed by atoms with E-state index in [1.54, 1.807) is 6.08 Å². The summed E-state index contributed by atoms with van der Waals surface area (Å²) in [5, 5.41) is 1.10. The Morgan fingerprint density at radius 1 is 0.853 bits per heavy atom. The van der Waals surface area contributed by atoms with Crippen LogP contribution in [0.25, 0.3) is 44.9 Å². The van der Waals surface area contributed by atoms with E-state index in [-0.39, 0.29) is 0 Å². The molecule has 4 N–H and O–H groups in total. The Morgan fingerprint density at radius 2 is 1.71 bits per heavy atom. The number of aromatic nitrogens is 1. The van der Waals surface area contributed by atoms with Crippen molar-refractivity contribution in [3.05, 3.63) is 120 Å². The number of nitrogens with zero attached hydrogens (tertiary/aromatic N) is 1. The molecule has 0 saturated heterocycles. The van der Waals surface area contributed by atoms with Gasteiger partial charge in [-0.25, -0.2) is 0 Å². The van der Waals surface area contributed by atoms with Crippen molar-refractivity contribution >= 4 is 16.7 Å². The first-order valence-electron chi connectivity index (χ1n) is 11.5. The standard InChI is InChI=1S/C30H25N3O/c31-16-6-12-26(32)21-9-5-10-23(17-21)33-27-15-14-20-7-1-3-11-24(20)25(27)19-28(33)30-18-22-8-2-4-13-29(22)34-30/h1-13,16-19H,14-15,31-32H2/b16-6+,26-12+. The number of hydrogen-bond donors (Lipinski definition) is 2. The van der Waals surface area contributed by atoms with Crippen LogP contribution in [-0.2, 0) is 12.8 Å². The molecular formula is C30H25N3O. The average molecular weight is 444 g/mol. The fraction of sp³-hybridized carbons (Fsp3) is 0.0667. The Balaban J connectivity index is 1.60. The van der Waals surface area contributed by atoms with Gasteiger partial charge in [-0.1, -0.05) is 54.6 Å². The molecule has 0 fully saturated rings. The van der Waals surface area contributed by atoms with Gasteiger partial charge in [-0.3, -0.25) is 0 Å². The molecule has 2 heterocycles. The van der Waals surface area contributed by atoms with Crippen LogP contribution in [0.4, 0.5) is 0 Å². The lowest BCUT2D eigenvalue weighted by atomic mass is 9.90. The molecule has 0 radical (unpaired) electrons. The molecule has 4 heteroatoms. The van der Waals surface area contributed by atoms with Crippen molar-refractivity contribution in [2.24, 2.45) is 11.5 Å². The molecule has 1 aliphatic carbocycles. The molecule has 4 nitrogen and oxygen atoms in total. The number of hydrogen-bond acceptors (Lipinski definition) is 3. The first-order chi connectivity index (χ1) is 16.7. The molecule has 0 atom stereocenters. The molecule has 0 saturated carbocycles. The summed E-state index contributed by atoms with van der Waals surface area (Å²) in [4.78, 5) is 0. The highest BCUT2D eigenvalue weighted by atomic mass is 16.3. The van der Waals surface area contributed by atoms with Crippen molar-refractivity contribution in [1.29, 1.82) is 0 Å². The second-order valence-electron chi connectivity index (χ2n) is 8.59. The fourth-order valence-corrected chi connectivity index (χ4v) is 4.95. The molecule has 0 amide bonds. The van der Waals surface area contributed by atoms with Crippen LogP contribution < -0.4 is 11.5 Å². The molecule has 0 unspecified atom stereocenters. The van der Waals surface area contributed by atoms with Crippen LogP contribution in [0.15, 0.2) is 108 Å². The Labute approximate surface area is 198 Å². The molecule has 3 aromatic carbocycles. The van der Waals surface area contributed by atoms with E-state index in [4.69, 9.17) is 15.9 Å². The van der Waals surface area contributed by atoms with Gasteiger partial charge in [-0.05, 0) is 78.2 Å². The predicted molar refractivity (Wildman–Crippen MR) is 139 cm³/mol. The van der Waals surface area contributed by atoms with Crippen LogP contribution in [0.1, 0.15) is 16.8 Å². The van der Waals surface area contributed by atoms with Gasteiger partial charge in [0.1, 0.15) is 5.58 Å². The summed E-state index contributed by atoms with van der Waals surface area (Å²) in [5.74, 6) is 0.855. The summed E-state index contributed by atoms with van der Waals surface area (Å²) < 4.78 is 8.66. The van der Waals surface area contributed by atoms with Crippen molar-refractivity contribution in [3.63, 3.8) is 0 Å². The van der Waals surface area contributed by atoms with Crippen LogP contribution in [0.5, 0.6) is 0 Å². The summed E-state index contributed by atoms with van der Waals surface area (Å²) in [6, 6.07) is 29.5. The van der Waals surface area contributed by atoms with Gasteiger partial charge in [0.15, 0.2) is 5.76 Å². The van der Waals surface area contributed by atoms with Crippen LogP contribution in [0.2, 0.25) is 0 Å². The average Bonchev–Trinajstić information content (AvgIpc) is 3.49. The summed E-state index contributed by atoms with van der Waals surface area (Å²) >= 11 is 0. The molecule has 1 aliphatic rings. The van der Waals surface area contributed by atoms with Crippen molar-refractivity contribution in [2.45, 2.75) is 12.8 Å². The zero-order valence-corrected chi connectivity index (χ0v) is 18.7. The Hall–Kier alpha value is -4.44. The van der Waals surface area contributed by atoms with E-state index in [1.807, 2.05) is 36.4 Å². The highest BCUT2D eigenvalue weighted by Gasteiger charge is 2.25. The van der Waals surface area contributed by atoms with Crippen molar-refractivity contribution in [2.75, 3.05) is 0 Å². The second kappa shape index (κ2) is 8.16.